The van der Waals surface area contributed by atoms with Crippen molar-refractivity contribution in [2.45, 2.75) is 25.9 Å². The Balaban J connectivity index is 1.72. The van der Waals surface area contributed by atoms with Crippen LogP contribution in [0.15, 0.2) is 10.6 Å². The van der Waals surface area contributed by atoms with Gasteiger partial charge in [0.25, 0.3) is 5.91 Å². The predicted molar refractivity (Wildman–Crippen MR) is 59.8 cm³/mol. The van der Waals surface area contributed by atoms with E-state index in [2.05, 4.69) is 10.5 Å². The highest BCUT2D eigenvalue weighted by Crippen LogP contribution is 2.13. The second-order valence-corrected chi connectivity index (χ2v) is 3.98. The van der Waals surface area contributed by atoms with Crippen molar-refractivity contribution in [3.05, 3.63) is 11.8 Å². The lowest BCUT2D eigenvalue weighted by molar-refractivity contribution is -0.156. The second kappa shape index (κ2) is 5.63. The summed E-state index contributed by atoms with van der Waals surface area (Å²) in [6, 6.07) is 1.57. The number of carbonyl (C=O) groups is 2. The maximum Gasteiger partial charge on any atom is 0.335 e. The highest BCUT2D eigenvalue weighted by atomic mass is 16.6. The molecule has 1 aliphatic rings. The number of ether oxygens (including phenoxy) is 2. The monoisotopic (exact) mass is 254 g/mol. The van der Waals surface area contributed by atoms with Crippen LogP contribution in [-0.4, -0.2) is 36.4 Å². The molecule has 98 valence electrons. The summed E-state index contributed by atoms with van der Waals surface area (Å²) in [6.45, 7) is 1.91. The van der Waals surface area contributed by atoms with Gasteiger partial charge in [-0.25, -0.2) is 4.79 Å². The van der Waals surface area contributed by atoms with Crippen molar-refractivity contribution >= 4 is 17.7 Å². The fourth-order valence-electron chi connectivity index (χ4n) is 1.60. The number of aromatic nitrogens is 1. The van der Waals surface area contributed by atoms with Crippen molar-refractivity contribution in [2.75, 3.05) is 18.5 Å². The number of hydrogen-bond donors (Lipinski definition) is 1. The molecule has 0 aromatic carbocycles. The van der Waals surface area contributed by atoms with E-state index in [-0.39, 0.29) is 6.61 Å². The molecule has 0 bridgehead atoms. The fourth-order valence-corrected chi connectivity index (χ4v) is 1.60. The lowest BCUT2D eigenvalue weighted by Gasteiger charge is -2.08. The van der Waals surface area contributed by atoms with Gasteiger partial charge in [-0.2, -0.15) is 0 Å². The Morgan fingerprint density at radius 1 is 1.61 bits per heavy atom. The zero-order chi connectivity index (χ0) is 13.0. The SMILES string of the molecule is Cc1cc(NC(=O)COC(=O)[C@H]2CCCO2)no1. The molecular weight excluding hydrogens is 240 g/mol. The minimum absolute atomic E-state index is 0.297. The standard InChI is InChI=1S/C11H14N2O5/c1-7-5-9(13-18-7)12-10(14)6-17-11(15)8-3-2-4-16-8/h5,8H,2-4,6H2,1H3,(H,12,13,14)/t8-/m1/s1. The molecule has 0 unspecified atom stereocenters. The zero-order valence-corrected chi connectivity index (χ0v) is 9.97. The lowest BCUT2D eigenvalue weighted by Crippen LogP contribution is -2.27. The van der Waals surface area contributed by atoms with E-state index in [0.717, 1.165) is 6.42 Å². The van der Waals surface area contributed by atoms with Crippen LogP contribution in [0.5, 0.6) is 0 Å². The van der Waals surface area contributed by atoms with Gasteiger partial charge in [0.05, 0.1) is 0 Å². The summed E-state index contributed by atoms with van der Waals surface area (Å²) in [7, 11) is 0. The largest absolute Gasteiger partial charge is 0.454 e. The van der Waals surface area contributed by atoms with Gasteiger partial charge < -0.3 is 19.3 Å². The Hall–Kier alpha value is -1.89. The van der Waals surface area contributed by atoms with Crippen LogP contribution in [0.1, 0.15) is 18.6 Å². The first-order valence-corrected chi connectivity index (χ1v) is 5.66. The number of nitrogens with one attached hydrogen (secondary N) is 1. The molecule has 2 heterocycles. The third-order valence-electron chi connectivity index (χ3n) is 2.43. The van der Waals surface area contributed by atoms with Gasteiger partial charge in [-0.05, 0) is 19.8 Å². The molecule has 1 fully saturated rings. The van der Waals surface area contributed by atoms with Gasteiger partial charge >= 0.3 is 5.97 Å². The molecule has 0 radical (unpaired) electrons. The summed E-state index contributed by atoms with van der Waals surface area (Å²) in [5.74, 6) is -0.0825. The molecule has 1 aliphatic heterocycles. The van der Waals surface area contributed by atoms with Gasteiger partial charge in [-0.1, -0.05) is 5.16 Å². The zero-order valence-electron chi connectivity index (χ0n) is 9.97. The molecular formula is C11H14N2O5. The van der Waals surface area contributed by atoms with Crippen LogP contribution in [0.3, 0.4) is 0 Å². The molecule has 1 aromatic heterocycles. The molecule has 2 rings (SSSR count). The molecule has 7 heteroatoms. The van der Waals surface area contributed by atoms with Gasteiger partial charge in [0.2, 0.25) is 0 Å². The number of nitrogens with zero attached hydrogens (tertiary/aromatic N) is 1. The van der Waals surface area contributed by atoms with Gasteiger partial charge in [-0.3, -0.25) is 4.79 Å². The lowest BCUT2D eigenvalue weighted by atomic mass is 10.2. The van der Waals surface area contributed by atoms with E-state index >= 15 is 0 Å². The van der Waals surface area contributed by atoms with Crippen molar-refractivity contribution in [3.8, 4) is 0 Å². The number of aryl methyl sites for hydroxylation is 1. The minimum Gasteiger partial charge on any atom is -0.454 e. The number of carbonyl (C=O) groups excluding carboxylic acids is 2. The highest BCUT2D eigenvalue weighted by Gasteiger charge is 2.25. The van der Waals surface area contributed by atoms with E-state index in [1.165, 1.54) is 0 Å². The summed E-state index contributed by atoms with van der Waals surface area (Å²) < 4.78 is 14.7. The van der Waals surface area contributed by atoms with Crippen LogP contribution < -0.4 is 5.32 Å². The Morgan fingerprint density at radius 3 is 3.06 bits per heavy atom. The van der Waals surface area contributed by atoms with Crippen molar-refractivity contribution in [2.24, 2.45) is 0 Å². The smallest absolute Gasteiger partial charge is 0.335 e. The minimum atomic E-state index is -0.535. The Labute approximate surface area is 103 Å². The first-order valence-electron chi connectivity index (χ1n) is 5.66. The van der Waals surface area contributed by atoms with E-state index in [1.807, 2.05) is 0 Å². The van der Waals surface area contributed by atoms with Crippen molar-refractivity contribution < 1.29 is 23.6 Å². The van der Waals surface area contributed by atoms with Crippen LogP contribution in [-0.2, 0) is 19.1 Å². The molecule has 1 amide bonds. The number of rotatable bonds is 4. The molecule has 1 N–H and O–H groups in total. The highest BCUT2D eigenvalue weighted by molar-refractivity contribution is 5.92. The molecule has 1 atom stereocenters. The van der Waals surface area contributed by atoms with E-state index in [1.54, 1.807) is 13.0 Å². The van der Waals surface area contributed by atoms with E-state index < -0.39 is 18.0 Å². The molecule has 0 aliphatic carbocycles. The topological polar surface area (TPSA) is 90.7 Å². The molecule has 18 heavy (non-hydrogen) atoms. The number of anilines is 1. The van der Waals surface area contributed by atoms with E-state index in [0.29, 0.717) is 24.6 Å². The Morgan fingerprint density at radius 2 is 2.44 bits per heavy atom. The summed E-state index contributed by atoms with van der Waals surface area (Å²) in [5, 5.41) is 6.04. The number of hydrogen-bond acceptors (Lipinski definition) is 6. The van der Waals surface area contributed by atoms with Crippen molar-refractivity contribution in [1.29, 1.82) is 0 Å². The van der Waals surface area contributed by atoms with Gasteiger partial charge in [0.1, 0.15) is 5.76 Å². The summed E-state index contributed by atoms with van der Waals surface area (Å²) in [6.07, 6.45) is 0.944. The van der Waals surface area contributed by atoms with Crippen LogP contribution >= 0.6 is 0 Å². The molecule has 1 saturated heterocycles. The average Bonchev–Trinajstić information content (AvgIpc) is 2.97. The van der Waals surface area contributed by atoms with Gasteiger partial charge in [0, 0.05) is 12.7 Å². The maximum atomic E-state index is 11.4. The third-order valence-corrected chi connectivity index (χ3v) is 2.43. The summed E-state index contributed by atoms with van der Waals surface area (Å²) >= 11 is 0. The third kappa shape index (κ3) is 3.30. The van der Waals surface area contributed by atoms with Crippen LogP contribution in [0.25, 0.3) is 0 Å². The van der Waals surface area contributed by atoms with Crippen molar-refractivity contribution in [1.82, 2.24) is 5.16 Å². The van der Waals surface area contributed by atoms with E-state index in [9.17, 15) is 9.59 Å². The van der Waals surface area contributed by atoms with Crippen molar-refractivity contribution in [3.63, 3.8) is 0 Å². The molecule has 0 spiro atoms. The van der Waals surface area contributed by atoms with Crippen LogP contribution in [0.2, 0.25) is 0 Å². The summed E-state index contributed by atoms with van der Waals surface area (Å²) in [5.41, 5.74) is 0. The fraction of sp³-hybridized carbons (Fsp3) is 0.545. The quantitative estimate of drug-likeness (QED) is 0.793. The van der Waals surface area contributed by atoms with E-state index in [4.69, 9.17) is 14.0 Å². The normalized spacial score (nSPS) is 18.6. The molecule has 1 aromatic rings. The predicted octanol–water partition coefficient (Wildman–Crippen LogP) is 0.644. The average molecular weight is 254 g/mol. The first kappa shape index (κ1) is 12.6. The Bertz CT molecular complexity index is 436. The number of amides is 1. The van der Waals surface area contributed by atoms with Gasteiger partial charge in [0.15, 0.2) is 18.5 Å². The molecule has 7 nitrogen and oxygen atoms in total. The second-order valence-electron chi connectivity index (χ2n) is 3.98. The number of esters is 1. The van der Waals surface area contributed by atoms with Gasteiger partial charge in [-0.15, -0.1) is 0 Å². The molecule has 0 saturated carbocycles. The summed E-state index contributed by atoms with van der Waals surface area (Å²) in [4.78, 5) is 22.9. The Kier molecular flexibility index (Phi) is 3.93. The van der Waals surface area contributed by atoms with Crippen LogP contribution in [0.4, 0.5) is 5.82 Å². The first-order chi connectivity index (χ1) is 8.65. The van der Waals surface area contributed by atoms with Crippen LogP contribution in [0, 0.1) is 6.92 Å². The maximum absolute atomic E-state index is 11.4.